The summed E-state index contributed by atoms with van der Waals surface area (Å²) in [5.74, 6) is 0. The number of anilines is 1. The molecule has 20 heavy (non-hydrogen) atoms. The van der Waals surface area contributed by atoms with E-state index in [9.17, 15) is 0 Å². The van der Waals surface area contributed by atoms with E-state index in [1.54, 1.807) is 0 Å². The molecule has 0 aliphatic carbocycles. The largest absolute Gasteiger partial charge is 1.00 e. The molecule has 3 heteroatoms. The summed E-state index contributed by atoms with van der Waals surface area (Å²) in [5.41, 5.74) is 3.94. The third-order valence-electron chi connectivity index (χ3n) is 3.43. The van der Waals surface area contributed by atoms with E-state index in [1.165, 1.54) is 16.8 Å². The highest BCUT2D eigenvalue weighted by molar-refractivity contribution is 5.48. The van der Waals surface area contributed by atoms with Crippen LogP contribution in [-0.4, -0.2) is 13.1 Å². The minimum Gasteiger partial charge on any atom is -1.00 e. The third kappa shape index (κ3) is 4.53. The van der Waals surface area contributed by atoms with Crippen LogP contribution < -0.4 is 21.9 Å². The second-order valence-corrected chi connectivity index (χ2v) is 5.03. The van der Waals surface area contributed by atoms with Crippen LogP contribution >= 0.6 is 0 Å². The molecule has 2 aromatic rings. The molecule has 0 aliphatic rings. The zero-order valence-corrected chi connectivity index (χ0v) is 13.3. The second kappa shape index (κ2) is 7.91. The molecule has 0 saturated carbocycles. The lowest BCUT2D eigenvalue weighted by atomic mass is 10.2. The Morgan fingerprint density at radius 1 is 1.00 bits per heavy atom. The van der Waals surface area contributed by atoms with Gasteiger partial charge >= 0.3 is 0 Å². The first kappa shape index (κ1) is 16.5. The molecule has 0 aliphatic heterocycles. The number of nitrogens with zero attached hydrogens (tertiary/aromatic N) is 2. The van der Waals surface area contributed by atoms with Crippen LogP contribution in [0, 0.1) is 13.8 Å². The SMILES string of the molecule is CCN(CC[n+]1ccc(C)cc1)c1cccc(C)c1.[Cl-]. The molecule has 0 fully saturated rings. The van der Waals surface area contributed by atoms with Gasteiger partial charge in [0.15, 0.2) is 18.9 Å². The fourth-order valence-electron chi connectivity index (χ4n) is 2.21. The number of pyridine rings is 1. The summed E-state index contributed by atoms with van der Waals surface area (Å²) >= 11 is 0. The van der Waals surface area contributed by atoms with Gasteiger partial charge in [0.05, 0.1) is 6.54 Å². The lowest BCUT2D eigenvalue weighted by Crippen LogP contribution is -3.00. The lowest BCUT2D eigenvalue weighted by Gasteiger charge is -2.22. The van der Waals surface area contributed by atoms with Crippen molar-refractivity contribution < 1.29 is 17.0 Å². The van der Waals surface area contributed by atoms with Crippen molar-refractivity contribution in [2.24, 2.45) is 0 Å². The molecule has 0 radical (unpaired) electrons. The Morgan fingerprint density at radius 2 is 1.70 bits per heavy atom. The monoisotopic (exact) mass is 290 g/mol. The van der Waals surface area contributed by atoms with Crippen LogP contribution in [0.2, 0.25) is 0 Å². The van der Waals surface area contributed by atoms with Gasteiger partial charge < -0.3 is 17.3 Å². The highest BCUT2D eigenvalue weighted by Crippen LogP contribution is 2.15. The van der Waals surface area contributed by atoms with E-state index < -0.39 is 0 Å². The molecule has 0 bridgehead atoms. The van der Waals surface area contributed by atoms with Crippen LogP contribution in [0.25, 0.3) is 0 Å². The molecule has 108 valence electrons. The normalized spacial score (nSPS) is 9.95. The Balaban J connectivity index is 0.00000200. The van der Waals surface area contributed by atoms with Crippen molar-refractivity contribution in [3.63, 3.8) is 0 Å². The van der Waals surface area contributed by atoms with E-state index in [4.69, 9.17) is 0 Å². The number of hydrogen-bond acceptors (Lipinski definition) is 1. The maximum Gasteiger partial charge on any atom is 0.169 e. The molecule has 0 N–H and O–H groups in total. The minimum atomic E-state index is 0. The molecule has 1 heterocycles. The minimum absolute atomic E-state index is 0. The van der Waals surface area contributed by atoms with Crippen LogP contribution in [0.15, 0.2) is 48.8 Å². The van der Waals surface area contributed by atoms with Gasteiger partial charge in [-0.1, -0.05) is 12.1 Å². The molecule has 0 amide bonds. The molecule has 0 atom stereocenters. The average molecular weight is 291 g/mol. The standard InChI is InChI=1S/C17H23N2.ClH/c1-4-19(17-7-5-6-16(3)14-17)13-12-18-10-8-15(2)9-11-18;/h5-11,14H,4,12-13H2,1-3H3;1H/q+1;/p-1. The van der Waals surface area contributed by atoms with Crippen molar-refractivity contribution in [2.45, 2.75) is 27.3 Å². The molecule has 2 nitrogen and oxygen atoms in total. The summed E-state index contributed by atoms with van der Waals surface area (Å²) in [4.78, 5) is 2.42. The Kier molecular flexibility index (Phi) is 6.53. The van der Waals surface area contributed by atoms with Gasteiger partial charge in [0.2, 0.25) is 0 Å². The Labute approximate surface area is 128 Å². The van der Waals surface area contributed by atoms with Crippen LogP contribution in [0.3, 0.4) is 0 Å². The number of aryl methyl sites for hydroxylation is 2. The molecular formula is C17H23ClN2. The fourth-order valence-corrected chi connectivity index (χ4v) is 2.21. The number of aromatic nitrogens is 1. The first-order valence-corrected chi connectivity index (χ1v) is 6.96. The number of likely N-dealkylation sites (N-methyl/N-ethyl adjacent to an activating group) is 1. The predicted octanol–water partition coefficient (Wildman–Crippen LogP) is 0.121. The molecule has 1 aromatic heterocycles. The predicted molar refractivity (Wildman–Crippen MR) is 80.4 cm³/mol. The quantitative estimate of drug-likeness (QED) is 0.710. The van der Waals surface area contributed by atoms with E-state index in [1.807, 2.05) is 0 Å². The van der Waals surface area contributed by atoms with Crippen molar-refractivity contribution in [3.05, 3.63) is 59.9 Å². The first-order chi connectivity index (χ1) is 9.19. The average Bonchev–Trinajstić information content (AvgIpc) is 2.42. The second-order valence-electron chi connectivity index (χ2n) is 5.03. The Bertz CT molecular complexity index is 523. The highest BCUT2D eigenvalue weighted by atomic mass is 35.5. The van der Waals surface area contributed by atoms with E-state index in [-0.39, 0.29) is 12.4 Å². The van der Waals surface area contributed by atoms with Gasteiger partial charge in [0, 0.05) is 24.4 Å². The van der Waals surface area contributed by atoms with Gasteiger partial charge in [-0.2, -0.15) is 0 Å². The lowest BCUT2D eigenvalue weighted by molar-refractivity contribution is -0.694. The summed E-state index contributed by atoms with van der Waals surface area (Å²) in [6, 6.07) is 13.0. The zero-order chi connectivity index (χ0) is 13.7. The van der Waals surface area contributed by atoms with Crippen LogP contribution in [0.5, 0.6) is 0 Å². The van der Waals surface area contributed by atoms with Gasteiger partial charge in [-0.15, -0.1) is 0 Å². The Hall–Kier alpha value is -1.54. The van der Waals surface area contributed by atoms with Gasteiger partial charge in [0.25, 0.3) is 0 Å². The summed E-state index contributed by atoms with van der Waals surface area (Å²) in [6.45, 7) is 9.56. The van der Waals surface area contributed by atoms with E-state index in [0.717, 1.165) is 19.6 Å². The topological polar surface area (TPSA) is 7.12 Å². The van der Waals surface area contributed by atoms with Crippen molar-refractivity contribution in [1.29, 1.82) is 0 Å². The smallest absolute Gasteiger partial charge is 0.169 e. The van der Waals surface area contributed by atoms with Crippen LogP contribution in [0.4, 0.5) is 5.69 Å². The van der Waals surface area contributed by atoms with Gasteiger partial charge in [-0.3, -0.25) is 0 Å². The number of rotatable bonds is 5. The summed E-state index contributed by atoms with van der Waals surface area (Å²) in [7, 11) is 0. The number of halogens is 1. The zero-order valence-electron chi connectivity index (χ0n) is 12.5. The molecule has 1 aromatic carbocycles. The van der Waals surface area contributed by atoms with Crippen LogP contribution in [0.1, 0.15) is 18.1 Å². The van der Waals surface area contributed by atoms with Gasteiger partial charge in [-0.25, -0.2) is 4.57 Å². The summed E-state index contributed by atoms with van der Waals surface area (Å²) in [6.07, 6.45) is 4.30. The van der Waals surface area contributed by atoms with E-state index in [0.29, 0.717) is 0 Å². The van der Waals surface area contributed by atoms with Crippen molar-refractivity contribution >= 4 is 5.69 Å². The summed E-state index contributed by atoms with van der Waals surface area (Å²) in [5, 5.41) is 0. The van der Waals surface area contributed by atoms with Gasteiger partial charge in [-0.05, 0) is 44.0 Å². The molecule has 0 spiro atoms. The Morgan fingerprint density at radius 3 is 2.30 bits per heavy atom. The molecule has 0 unspecified atom stereocenters. The maximum absolute atomic E-state index is 2.42. The van der Waals surface area contributed by atoms with Crippen LogP contribution in [-0.2, 0) is 6.54 Å². The van der Waals surface area contributed by atoms with E-state index in [2.05, 4.69) is 79.0 Å². The number of benzene rings is 1. The van der Waals surface area contributed by atoms with Gasteiger partial charge in [0.1, 0.15) is 0 Å². The maximum atomic E-state index is 2.42. The number of hydrogen-bond donors (Lipinski definition) is 0. The molecule has 2 rings (SSSR count). The molecular weight excluding hydrogens is 268 g/mol. The summed E-state index contributed by atoms with van der Waals surface area (Å²) < 4.78 is 2.24. The van der Waals surface area contributed by atoms with Crippen molar-refractivity contribution in [1.82, 2.24) is 0 Å². The first-order valence-electron chi connectivity index (χ1n) is 6.96. The fraction of sp³-hybridized carbons (Fsp3) is 0.353. The van der Waals surface area contributed by atoms with Crippen molar-refractivity contribution in [3.8, 4) is 0 Å². The third-order valence-corrected chi connectivity index (χ3v) is 3.43. The highest BCUT2D eigenvalue weighted by Gasteiger charge is 2.07. The van der Waals surface area contributed by atoms with Crippen molar-refractivity contribution in [2.75, 3.05) is 18.0 Å². The van der Waals surface area contributed by atoms with E-state index >= 15 is 0 Å². The molecule has 0 saturated heterocycles.